The summed E-state index contributed by atoms with van der Waals surface area (Å²) < 4.78 is 28.8. The molecule has 0 bridgehead atoms. The van der Waals surface area contributed by atoms with Crippen molar-refractivity contribution in [3.63, 3.8) is 0 Å². The van der Waals surface area contributed by atoms with Crippen molar-refractivity contribution in [2.45, 2.75) is 36.5 Å². The Morgan fingerprint density at radius 3 is 2.27 bits per heavy atom. The Hall–Kier alpha value is -2.34. The quantitative estimate of drug-likeness (QED) is 0.843. The van der Waals surface area contributed by atoms with E-state index in [1.807, 2.05) is 13.0 Å². The first-order valence-corrected chi connectivity index (χ1v) is 10.4. The summed E-state index contributed by atoms with van der Waals surface area (Å²) >= 11 is 0. The number of primary amides is 1. The number of ether oxygens (including phenoxy) is 1. The molecule has 1 unspecified atom stereocenters. The molecule has 0 radical (unpaired) electrons. The zero-order chi connectivity index (χ0) is 19.1. The second-order valence-corrected chi connectivity index (χ2v) is 8.92. The molecule has 5 nitrogen and oxygen atoms in total. The minimum absolute atomic E-state index is 0.211. The molecule has 138 valence electrons. The Morgan fingerprint density at radius 1 is 1.19 bits per heavy atom. The molecule has 2 aromatic rings. The summed E-state index contributed by atoms with van der Waals surface area (Å²) in [6.45, 7) is 1.96. The van der Waals surface area contributed by atoms with Gasteiger partial charge in [-0.3, -0.25) is 4.79 Å². The van der Waals surface area contributed by atoms with Crippen LogP contribution in [0.3, 0.4) is 0 Å². The van der Waals surface area contributed by atoms with Gasteiger partial charge in [0.05, 0.1) is 17.9 Å². The third-order valence-corrected chi connectivity index (χ3v) is 6.00. The number of methoxy groups -OCH3 is 1. The van der Waals surface area contributed by atoms with Crippen LogP contribution in [0.5, 0.6) is 5.75 Å². The normalized spacial score (nSPS) is 15.5. The van der Waals surface area contributed by atoms with Crippen molar-refractivity contribution in [3.8, 4) is 5.75 Å². The number of carbonyl (C=O) groups excluding carboxylic acids is 1. The number of rotatable bonds is 6. The molecule has 0 aromatic heterocycles. The number of nitrogens with two attached hydrogens (primary N) is 1. The second-order valence-electron chi connectivity index (χ2n) is 6.90. The zero-order valence-corrected chi connectivity index (χ0v) is 16.0. The summed E-state index contributed by atoms with van der Waals surface area (Å²) in [4.78, 5) is 12.4. The molecule has 26 heavy (non-hydrogen) atoms. The Balaban J connectivity index is 2.07. The van der Waals surface area contributed by atoms with E-state index in [-0.39, 0.29) is 4.90 Å². The van der Waals surface area contributed by atoms with Crippen LogP contribution in [0.15, 0.2) is 41.3 Å². The highest BCUT2D eigenvalue weighted by Gasteiger charge is 2.30. The van der Waals surface area contributed by atoms with Gasteiger partial charge in [-0.2, -0.15) is 0 Å². The van der Waals surface area contributed by atoms with Crippen molar-refractivity contribution in [1.29, 1.82) is 0 Å². The molecule has 2 aromatic carbocycles. The zero-order valence-electron chi connectivity index (χ0n) is 15.2. The maximum atomic E-state index is 12.2. The van der Waals surface area contributed by atoms with Crippen molar-refractivity contribution in [2.24, 2.45) is 5.73 Å². The number of benzene rings is 2. The van der Waals surface area contributed by atoms with E-state index in [1.54, 1.807) is 19.2 Å². The molecule has 6 heteroatoms. The average molecular weight is 373 g/mol. The Morgan fingerprint density at radius 2 is 1.81 bits per heavy atom. The maximum absolute atomic E-state index is 12.2. The Bertz CT molecular complexity index is 945. The molecule has 1 amide bonds. The largest absolute Gasteiger partial charge is 0.496 e. The van der Waals surface area contributed by atoms with Crippen LogP contribution < -0.4 is 10.5 Å². The highest BCUT2D eigenvalue weighted by molar-refractivity contribution is 7.90. The molecule has 0 heterocycles. The van der Waals surface area contributed by atoms with E-state index < -0.39 is 21.7 Å². The summed E-state index contributed by atoms with van der Waals surface area (Å²) in [7, 11) is -1.67. The number of aryl methyl sites for hydroxylation is 1. The van der Waals surface area contributed by atoms with Crippen LogP contribution >= 0.6 is 0 Å². The number of sulfone groups is 1. The molecule has 1 aliphatic carbocycles. The lowest BCUT2D eigenvalue weighted by molar-refractivity contribution is -0.118. The Kier molecular flexibility index (Phi) is 4.80. The molecule has 0 saturated heterocycles. The summed E-state index contributed by atoms with van der Waals surface area (Å²) in [5, 5.41) is 0. The molecular weight excluding hydrogens is 350 g/mol. The van der Waals surface area contributed by atoms with Crippen LogP contribution in [-0.2, 0) is 14.6 Å². The molecule has 1 aliphatic rings. The first kappa shape index (κ1) is 18.5. The molecular formula is C20H23NO4S. The van der Waals surface area contributed by atoms with Crippen LogP contribution in [-0.4, -0.2) is 27.7 Å². The van der Waals surface area contributed by atoms with E-state index in [0.29, 0.717) is 11.5 Å². The lowest BCUT2D eigenvalue weighted by atomic mass is 9.86. The van der Waals surface area contributed by atoms with E-state index in [0.717, 1.165) is 36.0 Å². The van der Waals surface area contributed by atoms with Gasteiger partial charge >= 0.3 is 0 Å². The van der Waals surface area contributed by atoms with Crippen LogP contribution in [0.2, 0.25) is 0 Å². The summed E-state index contributed by atoms with van der Waals surface area (Å²) in [6, 6.07) is 10.3. The summed E-state index contributed by atoms with van der Waals surface area (Å²) in [5.41, 5.74) is 9.29. The highest BCUT2D eigenvalue weighted by Crippen LogP contribution is 2.46. The molecule has 2 N–H and O–H groups in total. The van der Waals surface area contributed by atoms with Crippen molar-refractivity contribution in [3.05, 3.63) is 58.7 Å². The van der Waals surface area contributed by atoms with Gasteiger partial charge in [0.25, 0.3) is 0 Å². The SMILES string of the molecule is COc1cc(C(C(N)=O)c2ccc(S(C)(=O)=O)cc2)c(C)cc1C1CC1. The molecule has 0 spiro atoms. The van der Waals surface area contributed by atoms with Gasteiger partial charge in [0.1, 0.15) is 5.75 Å². The molecule has 0 aliphatic heterocycles. The van der Waals surface area contributed by atoms with Crippen molar-refractivity contribution in [2.75, 3.05) is 13.4 Å². The summed E-state index contributed by atoms with van der Waals surface area (Å²) in [5.74, 6) is 0.151. The number of hydrogen-bond donors (Lipinski definition) is 1. The minimum Gasteiger partial charge on any atom is -0.496 e. The van der Waals surface area contributed by atoms with E-state index in [9.17, 15) is 13.2 Å². The molecule has 3 rings (SSSR count). The number of hydrogen-bond acceptors (Lipinski definition) is 4. The van der Waals surface area contributed by atoms with Gasteiger partial charge in [-0.25, -0.2) is 8.42 Å². The highest BCUT2D eigenvalue weighted by atomic mass is 32.2. The van der Waals surface area contributed by atoms with Crippen LogP contribution in [0.4, 0.5) is 0 Å². The lowest BCUT2D eigenvalue weighted by Gasteiger charge is -2.20. The van der Waals surface area contributed by atoms with Gasteiger partial charge < -0.3 is 10.5 Å². The monoisotopic (exact) mass is 373 g/mol. The summed E-state index contributed by atoms with van der Waals surface area (Å²) in [6.07, 6.45) is 3.46. The predicted octanol–water partition coefficient (Wildman–Crippen LogP) is 2.90. The fourth-order valence-corrected chi connectivity index (χ4v) is 3.96. The van der Waals surface area contributed by atoms with E-state index >= 15 is 0 Å². The van der Waals surface area contributed by atoms with Crippen molar-refractivity contribution >= 4 is 15.7 Å². The van der Waals surface area contributed by atoms with E-state index in [2.05, 4.69) is 6.07 Å². The third kappa shape index (κ3) is 3.60. The first-order chi connectivity index (χ1) is 12.2. The topological polar surface area (TPSA) is 86.5 Å². The van der Waals surface area contributed by atoms with Gasteiger partial charge in [0.15, 0.2) is 9.84 Å². The fourth-order valence-electron chi connectivity index (χ4n) is 3.33. The minimum atomic E-state index is -3.29. The molecule has 1 atom stereocenters. The van der Waals surface area contributed by atoms with Gasteiger partial charge in [0.2, 0.25) is 5.91 Å². The van der Waals surface area contributed by atoms with Gasteiger partial charge in [0, 0.05) is 6.26 Å². The molecule has 1 fully saturated rings. The first-order valence-electron chi connectivity index (χ1n) is 8.50. The smallest absolute Gasteiger partial charge is 0.229 e. The van der Waals surface area contributed by atoms with Gasteiger partial charge in [-0.1, -0.05) is 18.2 Å². The lowest BCUT2D eigenvalue weighted by Crippen LogP contribution is -2.23. The van der Waals surface area contributed by atoms with Crippen LogP contribution in [0.1, 0.15) is 46.9 Å². The second kappa shape index (κ2) is 6.76. The van der Waals surface area contributed by atoms with Crippen molar-refractivity contribution < 1.29 is 17.9 Å². The third-order valence-electron chi connectivity index (χ3n) is 4.87. The van der Waals surface area contributed by atoms with Gasteiger partial charge in [-0.05, 0) is 66.1 Å². The predicted molar refractivity (Wildman–Crippen MR) is 100 cm³/mol. The van der Waals surface area contributed by atoms with Crippen LogP contribution in [0.25, 0.3) is 0 Å². The van der Waals surface area contributed by atoms with E-state index in [4.69, 9.17) is 10.5 Å². The standard InChI is InChI=1S/C20H23NO4S/c1-12-10-17(13-4-5-13)18(25-2)11-16(12)19(20(21)22)14-6-8-15(9-7-14)26(3,23)24/h6-11,13,19H,4-5H2,1-3H3,(H2,21,22). The van der Waals surface area contributed by atoms with Crippen LogP contribution in [0, 0.1) is 6.92 Å². The van der Waals surface area contributed by atoms with Crippen molar-refractivity contribution in [1.82, 2.24) is 0 Å². The van der Waals surface area contributed by atoms with Gasteiger partial charge in [-0.15, -0.1) is 0 Å². The fraction of sp³-hybridized carbons (Fsp3) is 0.350. The Labute approximate surface area is 154 Å². The number of carbonyl (C=O) groups is 1. The number of amides is 1. The maximum Gasteiger partial charge on any atom is 0.229 e. The average Bonchev–Trinajstić information content (AvgIpc) is 3.40. The molecule has 1 saturated carbocycles. The van der Waals surface area contributed by atoms with E-state index in [1.165, 1.54) is 17.7 Å².